The fourth-order valence-corrected chi connectivity index (χ4v) is 4.04. The predicted molar refractivity (Wildman–Crippen MR) is 63.4 cm³/mol. The molecule has 0 aliphatic carbocycles. The van der Waals surface area contributed by atoms with Crippen LogP contribution in [0.5, 0.6) is 0 Å². The number of benzene rings is 1. The van der Waals surface area contributed by atoms with E-state index in [9.17, 15) is 12.8 Å². The molecule has 0 spiro atoms. The van der Waals surface area contributed by atoms with Crippen molar-refractivity contribution in [2.45, 2.75) is 30.7 Å². The molecule has 1 unspecified atom stereocenters. The Morgan fingerprint density at radius 2 is 2.18 bits per heavy atom. The van der Waals surface area contributed by atoms with Crippen LogP contribution in [0.2, 0.25) is 0 Å². The largest absolute Gasteiger partial charge is 0.398 e. The Balaban J connectivity index is 2.52. The minimum absolute atomic E-state index is 0.0379. The van der Waals surface area contributed by atoms with Crippen LogP contribution < -0.4 is 5.73 Å². The average molecular weight is 258 g/mol. The van der Waals surface area contributed by atoms with Gasteiger partial charge in [-0.3, -0.25) is 0 Å². The molecule has 4 nitrogen and oxygen atoms in total. The van der Waals surface area contributed by atoms with Gasteiger partial charge in [0.15, 0.2) is 0 Å². The molecule has 1 aromatic rings. The molecule has 1 atom stereocenters. The molecule has 0 saturated carbocycles. The van der Waals surface area contributed by atoms with Crippen LogP contribution in [0.1, 0.15) is 19.8 Å². The first kappa shape index (κ1) is 12.3. The first-order chi connectivity index (χ1) is 7.94. The minimum atomic E-state index is -3.82. The molecule has 1 aliphatic rings. The van der Waals surface area contributed by atoms with Gasteiger partial charge in [0.05, 0.1) is 5.69 Å². The topological polar surface area (TPSA) is 63.4 Å². The zero-order chi connectivity index (χ0) is 12.6. The quantitative estimate of drug-likeness (QED) is 0.819. The standard InChI is InChI=1S/C11H15FN2O2S/c1-8-4-3-7-14(8)17(15,16)11-9(12)5-2-6-10(11)13/h2,5-6,8H,3-4,7,13H2,1H3. The fourth-order valence-electron chi connectivity index (χ4n) is 2.18. The van der Waals surface area contributed by atoms with Crippen LogP contribution in [0.25, 0.3) is 0 Å². The first-order valence-electron chi connectivity index (χ1n) is 5.50. The summed E-state index contributed by atoms with van der Waals surface area (Å²) in [6, 6.07) is 3.82. The van der Waals surface area contributed by atoms with E-state index in [1.54, 1.807) is 0 Å². The maximum absolute atomic E-state index is 13.6. The third kappa shape index (κ3) is 2.02. The van der Waals surface area contributed by atoms with E-state index in [0.29, 0.717) is 6.54 Å². The van der Waals surface area contributed by atoms with Crippen molar-refractivity contribution in [3.8, 4) is 0 Å². The Labute approximate surface area is 100 Å². The molecule has 0 bridgehead atoms. The second-order valence-corrected chi connectivity index (χ2v) is 6.09. The van der Waals surface area contributed by atoms with Gasteiger partial charge in [-0.25, -0.2) is 12.8 Å². The smallest absolute Gasteiger partial charge is 0.248 e. The number of nitrogens with zero attached hydrogens (tertiary/aromatic N) is 1. The maximum Gasteiger partial charge on any atom is 0.248 e. The number of nitrogen functional groups attached to an aromatic ring is 1. The number of sulfonamides is 1. The zero-order valence-corrected chi connectivity index (χ0v) is 10.4. The van der Waals surface area contributed by atoms with Gasteiger partial charge in [0.25, 0.3) is 0 Å². The van der Waals surface area contributed by atoms with Gasteiger partial charge in [-0.15, -0.1) is 0 Å². The van der Waals surface area contributed by atoms with Crippen LogP contribution >= 0.6 is 0 Å². The second kappa shape index (κ2) is 4.27. The summed E-state index contributed by atoms with van der Waals surface area (Å²) in [4.78, 5) is -0.395. The molecule has 1 saturated heterocycles. The normalized spacial score (nSPS) is 21.9. The second-order valence-electron chi connectivity index (χ2n) is 4.27. The van der Waals surface area contributed by atoms with Crippen molar-refractivity contribution in [2.75, 3.05) is 12.3 Å². The van der Waals surface area contributed by atoms with E-state index in [2.05, 4.69) is 0 Å². The molecular weight excluding hydrogens is 243 g/mol. The van der Waals surface area contributed by atoms with Crippen molar-refractivity contribution >= 4 is 15.7 Å². The van der Waals surface area contributed by atoms with E-state index in [1.807, 2.05) is 6.92 Å². The minimum Gasteiger partial charge on any atom is -0.398 e. The van der Waals surface area contributed by atoms with Gasteiger partial charge in [-0.1, -0.05) is 6.07 Å². The summed E-state index contributed by atoms with van der Waals surface area (Å²) in [5.74, 6) is -0.788. The highest BCUT2D eigenvalue weighted by Gasteiger charge is 2.35. The summed E-state index contributed by atoms with van der Waals surface area (Å²) in [6.07, 6.45) is 1.60. The lowest BCUT2D eigenvalue weighted by Gasteiger charge is -2.21. The lowest BCUT2D eigenvalue weighted by Crippen LogP contribution is -2.34. The first-order valence-corrected chi connectivity index (χ1v) is 6.94. The lowest BCUT2D eigenvalue weighted by molar-refractivity contribution is 0.405. The molecule has 0 amide bonds. The lowest BCUT2D eigenvalue weighted by atomic mass is 10.3. The summed E-state index contributed by atoms with van der Waals surface area (Å²) >= 11 is 0. The van der Waals surface area contributed by atoms with Gasteiger partial charge >= 0.3 is 0 Å². The average Bonchev–Trinajstić information content (AvgIpc) is 2.64. The van der Waals surface area contributed by atoms with E-state index in [0.717, 1.165) is 18.9 Å². The van der Waals surface area contributed by atoms with Gasteiger partial charge in [0.1, 0.15) is 10.7 Å². The number of halogens is 1. The third-order valence-electron chi connectivity index (χ3n) is 3.06. The number of hydrogen-bond acceptors (Lipinski definition) is 3. The van der Waals surface area contributed by atoms with Crippen LogP contribution in [-0.4, -0.2) is 25.3 Å². The highest BCUT2D eigenvalue weighted by atomic mass is 32.2. The summed E-state index contributed by atoms with van der Waals surface area (Å²) in [7, 11) is -3.82. The molecular formula is C11H15FN2O2S. The summed E-state index contributed by atoms with van der Waals surface area (Å²) in [5, 5.41) is 0. The molecule has 2 N–H and O–H groups in total. The maximum atomic E-state index is 13.6. The SMILES string of the molecule is CC1CCCN1S(=O)(=O)c1c(N)cccc1F. The van der Waals surface area contributed by atoms with Crippen molar-refractivity contribution in [1.29, 1.82) is 0 Å². The van der Waals surface area contributed by atoms with E-state index in [4.69, 9.17) is 5.73 Å². The van der Waals surface area contributed by atoms with Gasteiger partial charge in [-0.05, 0) is 31.9 Å². The molecule has 94 valence electrons. The summed E-state index contributed by atoms with van der Waals surface area (Å²) in [6.45, 7) is 2.25. The van der Waals surface area contributed by atoms with Crippen molar-refractivity contribution in [1.82, 2.24) is 4.31 Å². The van der Waals surface area contributed by atoms with Crippen LogP contribution in [0.15, 0.2) is 23.1 Å². The molecule has 0 aromatic heterocycles. The Hall–Kier alpha value is -1.14. The molecule has 1 heterocycles. The van der Waals surface area contributed by atoms with E-state index >= 15 is 0 Å². The summed E-state index contributed by atoms with van der Waals surface area (Å²) < 4.78 is 39.5. The number of anilines is 1. The monoisotopic (exact) mass is 258 g/mol. The third-order valence-corrected chi connectivity index (χ3v) is 5.16. The molecule has 17 heavy (non-hydrogen) atoms. The fraction of sp³-hybridized carbons (Fsp3) is 0.455. The number of rotatable bonds is 2. The Bertz CT molecular complexity index is 510. The van der Waals surface area contributed by atoms with Crippen LogP contribution in [0.4, 0.5) is 10.1 Å². The van der Waals surface area contributed by atoms with Crippen LogP contribution in [0.3, 0.4) is 0 Å². The zero-order valence-electron chi connectivity index (χ0n) is 9.56. The Kier molecular flexibility index (Phi) is 3.09. The Morgan fingerprint density at radius 3 is 2.71 bits per heavy atom. The van der Waals surface area contributed by atoms with Gasteiger partial charge in [-0.2, -0.15) is 4.31 Å². The molecule has 1 aromatic carbocycles. The van der Waals surface area contributed by atoms with Gasteiger partial charge in [0.2, 0.25) is 10.0 Å². The number of hydrogen-bond donors (Lipinski definition) is 1. The van der Waals surface area contributed by atoms with Crippen LogP contribution in [0, 0.1) is 5.82 Å². The number of nitrogens with two attached hydrogens (primary N) is 1. The summed E-state index contributed by atoms with van der Waals surface area (Å²) in [5.41, 5.74) is 5.54. The Morgan fingerprint density at radius 1 is 1.47 bits per heavy atom. The van der Waals surface area contributed by atoms with Crippen molar-refractivity contribution in [3.63, 3.8) is 0 Å². The van der Waals surface area contributed by atoms with Gasteiger partial charge < -0.3 is 5.73 Å². The predicted octanol–water partition coefficient (Wildman–Crippen LogP) is 1.58. The van der Waals surface area contributed by atoms with Gasteiger partial charge in [0, 0.05) is 12.6 Å². The van der Waals surface area contributed by atoms with Crippen molar-refractivity contribution < 1.29 is 12.8 Å². The highest BCUT2D eigenvalue weighted by Crippen LogP contribution is 2.30. The van der Waals surface area contributed by atoms with Crippen LogP contribution in [-0.2, 0) is 10.0 Å². The molecule has 1 aliphatic heterocycles. The van der Waals surface area contributed by atoms with Crippen molar-refractivity contribution in [2.24, 2.45) is 0 Å². The highest BCUT2D eigenvalue weighted by molar-refractivity contribution is 7.89. The van der Waals surface area contributed by atoms with E-state index < -0.39 is 20.7 Å². The van der Waals surface area contributed by atoms with Crippen molar-refractivity contribution in [3.05, 3.63) is 24.0 Å². The molecule has 6 heteroatoms. The molecule has 2 rings (SSSR count). The molecule has 0 radical (unpaired) electrons. The molecule has 1 fully saturated rings. The van der Waals surface area contributed by atoms with E-state index in [1.165, 1.54) is 16.4 Å². The van der Waals surface area contributed by atoms with E-state index in [-0.39, 0.29) is 11.7 Å².